The van der Waals surface area contributed by atoms with E-state index in [1.54, 1.807) is 11.8 Å². The van der Waals surface area contributed by atoms with E-state index >= 15 is 0 Å². The highest BCUT2D eigenvalue weighted by Gasteiger charge is 2.30. The zero-order chi connectivity index (χ0) is 13.9. The van der Waals surface area contributed by atoms with Crippen LogP contribution in [0, 0.1) is 0 Å². The maximum Gasteiger partial charge on any atom is 0.233 e. The summed E-state index contributed by atoms with van der Waals surface area (Å²) in [6.07, 6.45) is 0.504. The summed E-state index contributed by atoms with van der Waals surface area (Å²) in [4.78, 5) is 13.6. The summed E-state index contributed by atoms with van der Waals surface area (Å²) in [5, 5.41) is 2.44. The average Bonchev–Trinajstić information content (AvgIpc) is 2.57. The Labute approximate surface area is 118 Å². The molecule has 1 amide bonds. The van der Waals surface area contributed by atoms with Gasteiger partial charge in [0.15, 0.2) is 9.84 Å². The van der Waals surface area contributed by atoms with E-state index < -0.39 is 9.84 Å². The van der Waals surface area contributed by atoms with Crippen molar-refractivity contribution in [2.45, 2.75) is 24.6 Å². The van der Waals surface area contributed by atoms with E-state index in [2.05, 4.69) is 5.32 Å². The molecule has 1 saturated heterocycles. The third-order valence-electron chi connectivity index (χ3n) is 2.59. The van der Waals surface area contributed by atoms with Crippen molar-refractivity contribution in [2.75, 3.05) is 25.6 Å². The van der Waals surface area contributed by atoms with E-state index in [1.807, 2.05) is 14.1 Å². The van der Waals surface area contributed by atoms with E-state index in [0.29, 0.717) is 10.7 Å². The molecular weight excluding hydrogens is 292 g/mol. The highest BCUT2D eigenvalue weighted by Crippen LogP contribution is 2.16. The summed E-state index contributed by atoms with van der Waals surface area (Å²) >= 11 is 6.40. The van der Waals surface area contributed by atoms with Gasteiger partial charge in [-0.3, -0.25) is 4.79 Å². The van der Waals surface area contributed by atoms with Gasteiger partial charge in [0.1, 0.15) is 4.32 Å². The zero-order valence-electron chi connectivity index (χ0n) is 10.7. The number of thiocarbonyl (C=S) groups is 1. The van der Waals surface area contributed by atoms with Crippen LogP contribution in [0.25, 0.3) is 0 Å². The minimum Gasteiger partial charge on any atom is -0.364 e. The van der Waals surface area contributed by atoms with Crippen LogP contribution in [0.15, 0.2) is 0 Å². The van der Waals surface area contributed by atoms with Crippen molar-refractivity contribution in [1.29, 1.82) is 0 Å². The highest BCUT2D eigenvalue weighted by molar-refractivity contribution is 8.23. The number of rotatable bonds is 3. The number of carbonyl (C=O) groups is 1. The Morgan fingerprint density at radius 2 is 2.11 bits per heavy atom. The van der Waals surface area contributed by atoms with Crippen LogP contribution in [0.4, 0.5) is 0 Å². The lowest BCUT2D eigenvalue weighted by Gasteiger charge is -2.18. The van der Waals surface area contributed by atoms with E-state index in [9.17, 15) is 13.2 Å². The molecule has 0 unspecified atom stereocenters. The van der Waals surface area contributed by atoms with E-state index in [4.69, 9.17) is 12.2 Å². The van der Waals surface area contributed by atoms with E-state index in [-0.39, 0.29) is 28.7 Å². The van der Waals surface area contributed by atoms with Gasteiger partial charge in [-0.05, 0) is 13.3 Å². The monoisotopic (exact) mass is 310 g/mol. The summed E-state index contributed by atoms with van der Waals surface area (Å²) in [6.45, 7) is 1.76. The number of amides is 1. The van der Waals surface area contributed by atoms with Gasteiger partial charge in [-0.15, -0.1) is 0 Å². The molecule has 0 radical (unpaired) electrons. The Hall–Kier alpha value is -0.340. The second kappa shape index (κ2) is 6.21. The molecule has 0 aromatic heterocycles. The summed E-state index contributed by atoms with van der Waals surface area (Å²) in [5.41, 5.74) is 0. The predicted molar refractivity (Wildman–Crippen MR) is 78.5 cm³/mol. The van der Waals surface area contributed by atoms with Crippen LogP contribution in [0.1, 0.15) is 13.3 Å². The Balaban J connectivity index is 2.44. The van der Waals surface area contributed by atoms with Crippen molar-refractivity contribution in [3.05, 3.63) is 0 Å². The van der Waals surface area contributed by atoms with E-state index in [0.717, 1.165) is 0 Å². The molecule has 0 aliphatic carbocycles. The van der Waals surface area contributed by atoms with Gasteiger partial charge in [-0.25, -0.2) is 8.42 Å². The lowest BCUT2D eigenvalue weighted by molar-refractivity contribution is -0.120. The molecule has 1 rings (SSSR count). The molecule has 0 aromatic rings. The number of hydrogen-bond acceptors (Lipinski definition) is 5. The van der Waals surface area contributed by atoms with Crippen LogP contribution >= 0.6 is 24.0 Å². The number of hydrogen-bond donors (Lipinski definition) is 1. The quantitative estimate of drug-likeness (QED) is 0.754. The Morgan fingerprint density at radius 3 is 2.56 bits per heavy atom. The second-order valence-electron chi connectivity index (χ2n) is 4.53. The van der Waals surface area contributed by atoms with Gasteiger partial charge in [0.05, 0.1) is 16.8 Å². The van der Waals surface area contributed by atoms with E-state index in [1.165, 1.54) is 11.8 Å². The Kier molecular flexibility index (Phi) is 5.42. The number of carbonyl (C=O) groups excluding carboxylic acids is 1. The molecule has 0 aromatic carbocycles. The van der Waals surface area contributed by atoms with Crippen LogP contribution in [-0.2, 0) is 14.6 Å². The normalized spacial score (nSPS) is 23.4. The fraction of sp³-hybridized carbons (Fsp3) is 0.800. The number of sulfone groups is 1. The van der Waals surface area contributed by atoms with Gasteiger partial charge in [0, 0.05) is 20.1 Å². The molecule has 5 nitrogen and oxygen atoms in total. The van der Waals surface area contributed by atoms with Crippen LogP contribution < -0.4 is 5.32 Å². The molecule has 2 atom stereocenters. The van der Waals surface area contributed by atoms with Gasteiger partial charge >= 0.3 is 0 Å². The number of nitrogens with one attached hydrogen (secondary N) is 1. The molecule has 1 aliphatic heterocycles. The molecule has 1 fully saturated rings. The van der Waals surface area contributed by atoms with Crippen molar-refractivity contribution in [2.24, 2.45) is 0 Å². The molecule has 1 aliphatic rings. The number of thioether (sulfide) groups is 1. The smallest absolute Gasteiger partial charge is 0.233 e. The lowest BCUT2D eigenvalue weighted by atomic mass is 10.2. The Bertz CT molecular complexity index is 434. The van der Waals surface area contributed by atoms with Crippen molar-refractivity contribution >= 4 is 44.0 Å². The minimum absolute atomic E-state index is 0.0499. The molecular formula is C10H18N2O3S3. The van der Waals surface area contributed by atoms with Crippen molar-refractivity contribution in [3.63, 3.8) is 0 Å². The largest absolute Gasteiger partial charge is 0.364 e. The van der Waals surface area contributed by atoms with Gasteiger partial charge in [-0.1, -0.05) is 24.0 Å². The third kappa shape index (κ3) is 4.74. The maximum absolute atomic E-state index is 11.9. The molecule has 8 heteroatoms. The molecule has 0 saturated carbocycles. The van der Waals surface area contributed by atoms with Gasteiger partial charge < -0.3 is 10.2 Å². The number of nitrogens with zero attached hydrogens (tertiary/aromatic N) is 1. The Morgan fingerprint density at radius 1 is 1.50 bits per heavy atom. The zero-order valence-corrected chi connectivity index (χ0v) is 13.1. The fourth-order valence-electron chi connectivity index (χ4n) is 1.54. The highest BCUT2D eigenvalue weighted by atomic mass is 32.2. The van der Waals surface area contributed by atoms with Crippen LogP contribution in [0.2, 0.25) is 0 Å². The minimum atomic E-state index is -2.96. The molecule has 1 N–H and O–H groups in total. The first-order valence-corrected chi connectivity index (χ1v) is 8.71. The predicted octanol–water partition coefficient (Wildman–Crippen LogP) is 0.258. The lowest BCUT2D eigenvalue weighted by Crippen LogP contribution is -2.40. The van der Waals surface area contributed by atoms with Crippen LogP contribution in [0.5, 0.6) is 0 Å². The molecule has 0 spiro atoms. The van der Waals surface area contributed by atoms with Gasteiger partial charge in [0.25, 0.3) is 0 Å². The van der Waals surface area contributed by atoms with Crippen LogP contribution in [0.3, 0.4) is 0 Å². The van der Waals surface area contributed by atoms with Crippen LogP contribution in [-0.4, -0.2) is 60.4 Å². The van der Waals surface area contributed by atoms with Crippen molar-refractivity contribution < 1.29 is 13.2 Å². The topological polar surface area (TPSA) is 66.5 Å². The van der Waals surface area contributed by atoms with Crippen molar-refractivity contribution in [3.8, 4) is 0 Å². The summed E-state index contributed by atoms with van der Waals surface area (Å²) < 4.78 is 23.2. The molecule has 1 heterocycles. The second-order valence-corrected chi connectivity index (χ2v) is 8.73. The van der Waals surface area contributed by atoms with Gasteiger partial charge in [-0.2, -0.15) is 0 Å². The fourth-order valence-corrected chi connectivity index (χ4v) is 4.33. The summed E-state index contributed by atoms with van der Waals surface area (Å²) in [5.74, 6) is 0.0513. The first-order chi connectivity index (χ1) is 8.21. The SMILES string of the molecule is C[C@H](SC(=S)N(C)C)C(=O)N[C@H]1CCS(=O)(=O)C1. The van der Waals surface area contributed by atoms with Crippen molar-refractivity contribution in [1.82, 2.24) is 10.2 Å². The average molecular weight is 310 g/mol. The first kappa shape index (κ1) is 15.7. The third-order valence-corrected chi connectivity index (χ3v) is 6.15. The molecule has 0 bridgehead atoms. The van der Waals surface area contributed by atoms with Gasteiger partial charge in [0.2, 0.25) is 5.91 Å². The summed E-state index contributed by atoms with van der Waals surface area (Å²) in [6, 6.07) is -0.251. The molecule has 18 heavy (non-hydrogen) atoms. The molecule has 104 valence electrons. The standard InChI is InChI=1S/C10H18N2O3S3/c1-7(17-10(16)12(2)3)9(13)11-8-4-5-18(14,15)6-8/h7-8H,4-6H2,1-3H3,(H,11,13)/t7-,8-/m0/s1. The maximum atomic E-state index is 11.9. The first-order valence-electron chi connectivity index (χ1n) is 5.60. The summed E-state index contributed by atoms with van der Waals surface area (Å²) in [7, 11) is 0.687.